The molecule has 0 saturated carbocycles. The maximum Gasteiger partial charge on any atom is 0.254 e. The highest BCUT2D eigenvalue weighted by Gasteiger charge is 2.29. The van der Waals surface area contributed by atoms with E-state index >= 15 is 0 Å². The quantitative estimate of drug-likeness (QED) is 0.923. The van der Waals surface area contributed by atoms with Gasteiger partial charge in [-0.25, -0.2) is 13.6 Å². The number of rotatable bonds is 3. The number of amides is 1. The Morgan fingerprint density at radius 2 is 2.14 bits per heavy atom. The summed E-state index contributed by atoms with van der Waals surface area (Å²) in [4.78, 5) is 14.3. The Balaban J connectivity index is 2.45. The molecule has 1 amide bonds. The number of halogens is 1. The van der Waals surface area contributed by atoms with Crippen LogP contribution in [0.1, 0.15) is 42.1 Å². The summed E-state index contributed by atoms with van der Waals surface area (Å²) < 4.78 is 23.2. The normalized spacial score (nSPS) is 19.0. The van der Waals surface area contributed by atoms with Crippen molar-refractivity contribution in [3.63, 3.8) is 0 Å². The van der Waals surface area contributed by atoms with Gasteiger partial charge in [0.2, 0.25) is 10.0 Å². The maximum absolute atomic E-state index is 12.6. The Labute approximate surface area is 130 Å². The lowest BCUT2D eigenvalue weighted by molar-refractivity contribution is 0.0733. The summed E-state index contributed by atoms with van der Waals surface area (Å²) in [5.74, 6) is -0.189. The van der Waals surface area contributed by atoms with Crippen LogP contribution in [-0.2, 0) is 10.0 Å². The summed E-state index contributed by atoms with van der Waals surface area (Å²) in [6.07, 6.45) is 2.82. The van der Waals surface area contributed by atoms with E-state index in [0.717, 1.165) is 19.3 Å². The Hall–Kier alpha value is -1.11. The van der Waals surface area contributed by atoms with Gasteiger partial charge in [0.15, 0.2) is 0 Å². The van der Waals surface area contributed by atoms with Crippen LogP contribution in [0.2, 0.25) is 5.02 Å². The predicted octanol–water partition coefficient (Wildman–Crippen LogP) is 2.31. The fourth-order valence-electron chi connectivity index (χ4n) is 2.77. The van der Waals surface area contributed by atoms with Gasteiger partial charge >= 0.3 is 0 Å². The molecule has 0 aliphatic carbocycles. The highest BCUT2D eigenvalue weighted by molar-refractivity contribution is 7.89. The molecule has 1 saturated heterocycles. The van der Waals surface area contributed by atoms with E-state index < -0.39 is 10.0 Å². The van der Waals surface area contributed by atoms with Gasteiger partial charge < -0.3 is 4.90 Å². The van der Waals surface area contributed by atoms with Gasteiger partial charge in [-0.05, 0) is 43.9 Å². The number of nitrogens with two attached hydrogens (primary N) is 1. The Morgan fingerprint density at radius 3 is 2.71 bits per heavy atom. The number of hydrogen-bond donors (Lipinski definition) is 1. The number of primary sulfonamides is 1. The summed E-state index contributed by atoms with van der Waals surface area (Å²) in [5, 5.41) is 5.42. The van der Waals surface area contributed by atoms with Crippen LogP contribution < -0.4 is 5.14 Å². The molecule has 0 aromatic heterocycles. The van der Waals surface area contributed by atoms with Crippen LogP contribution in [0.4, 0.5) is 0 Å². The molecule has 1 aliphatic rings. The number of likely N-dealkylation sites (tertiary alicyclic amines) is 1. The van der Waals surface area contributed by atoms with Gasteiger partial charge in [-0.2, -0.15) is 0 Å². The van der Waals surface area contributed by atoms with Crippen molar-refractivity contribution in [2.75, 3.05) is 6.54 Å². The van der Waals surface area contributed by atoms with E-state index in [4.69, 9.17) is 16.7 Å². The van der Waals surface area contributed by atoms with Gasteiger partial charge in [0.25, 0.3) is 5.91 Å². The zero-order valence-electron chi connectivity index (χ0n) is 12.1. The molecule has 2 rings (SSSR count). The second-order valence-corrected chi connectivity index (χ2v) is 7.27. The second kappa shape index (κ2) is 5.94. The third-order valence-corrected chi connectivity index (χ3v) is 5.39. The van der Waals surface area contributed by atoms with Crippen LogP contribution in [0.15, 0.2) is 17.0 Å². The van der Waals surface area contributed by atoms with Gasteiger partial charge in [-0.15, -0.1) is 0 Å². The number of nitrogens with zero attached hydrogens (tertiary/aromatic N) is 1. The van der Waals surface area contributed by atoms with Crippen molar-refractivity contribution in [2.45, 2.75) is 44.0 Å². The molecule has 1 fully saturated rings. The van der Waals surface area contributed by atoms with Crippen LogP contribution in [0.3, 0.4) is 0 Å². The monoisotopic (exact) mass is 330 g/mol. The number of carbonyl (C=O) groups excluding carboxylic acids is 1. The zero-order valence-corrected chi connectivity index (χ0v) is 13.7. The van der Waals surface area contributed by atoms with Crippen LogP contribution in [-0.4, -0.2) is 31.8 Å². The highest BCUT2D eigenvalue weighted by Crippen LogP contribution is 2.28. The molecule has 0 bridgehead atoms. The lowest BCUT2D eigenvalue weighted by Crippen LogP contribution is -2.35. The van der Waals surface area contributed by atoms with Gasteiger partial charge in [0.05, 0.1) is 4.90 Å². The molecule has 1 atom stereocenters. The van der Waals surface area contributed by atoms with Crippen LogP contribution in [0.25, 0.3) is 0 Å². The van der Waals surface area contributed by atoms with Crippen molar-refractivity contribution >= 4 is 27.5 Å². The average Bonchev–Trinajstić information content (AvgIpc) is 2.87. The standard InChI is InChI=1S/C14H19ClN2O3S/c1-3-11-5-4-6-17(11)14(18)10-7-12(15)9(2)13(8-10)21(16,19)20/h7-8,11H,3-6H2,1-2H3,(H2,16,19,20). The molecule has 0 radical (unpaired) electrons. The van der Waals surface area contributed by atoms with E-state index in [-0.39, 0.29) is 27.4 Å². The van der Waals surface area contributed by atoms with Crippen LogP contribution in [0, 0.1) is 6.92 Å². The molecule has 7 heteroatoms. The smallest absolute Gasteiger partial charge is 0.254 e. The van der Waals surface area contributed by atoms with E-state index in [1.54, 1.807) is 11.8 Å². The lowest BCUT2D eigenvalue weighted by atomic mass is 10.1. The largest absolute Gasteiger partial charge is 0.336 e. The third kappa shape index (κ3) is 3.22. The van der Waals surface area contributed by atoms with E-state index in [2.05, 4.69) is 0 Å². The first-order valence-corrected chi connectivity index (χ1v) is 8.82. The van der Waals surface area contributed by atoms with Gasteiger partial charge in [-0.3, -0.25) is 4.79 Å². The number of hydrogen-bond acceptors (Lipinski definition) is 3. The topological polar surface area (TPSA) is 80.5 Å². The van der Waals surface area contributed by atoms with E-state index in [1.165, 1.54) is 12.1 Å². The minimum atomic E-state index is -3.91. The average molecular weight is 331 g/mol. The van der Waals surface area contributed by atoms with Gasteiger partial charge in [0, 0.05) is 23.2 Å². The van der Waals surface area contributed by atoms with E-state index in [9.17, 15) is 13.2 Å². The maximum atomic E-state index is 12.6. The molecule has 5 nitrogen and oxygen atoms in total. The fourth-order valence-corrected chi connectivity index (χ4v) is 3.87. The van der Waals surface area contributed by atoms with Crippen molar-refractivity contribution in [1.29, 1.82) is 0 Å². The molecule has 1 aromatic carbocycles. The SMILES string of the molecule is CCC1CCCN1C(=O)c1cc(Cl)c(C)c(S(N)(=O)=O)c1. The molecule has 1 unspecified atom stereocenters. The minimum Gasteiger partial charge on any atom is -0.336 e. The fraction of sp³-hybridized carbons (Fsp3) is 0.500. The summed E-state index contributed by atoms with van der Waals surface area (Å²) in [7, 11) is -3.91. The van der Waals surface area contributed by atoms with Gasteiger partial charge in [-0.1, -0.05) is 18.5 Å². The number of benzene rings is 1. The molecule has 1 aliphatic heterocycles. The Bertz CT molecular complexity index is 673. The van der Waals surface area contributed by atoms with Gasteiger partial charge in [0.1, 0.15) is 0 Å². The molecule has 2 N–H and O–H groups in total. The zero-order chi connectivity index (χ0) is 15.8. The van der Waals surface area contributed by atoms with E-state index in [0.29, 0.717) is 12.1 Å². The molecular weight excluding hydrogens is 312 g/mol. The number of carbonyl (C=O) groups is 1. The molecule has 116 valence electrons. The van der Waals surface area contributed by atoms with E-state index in [1.807, 2.05) is 6.92 Å². The lowest BCUT2D eigenvalue weighted by Gasteiger charge is -2.24. The predicted molar refractivity (Wildman–Crippen MR) is 81.9 cm³/mol. The first-order chi connectivity index (χ1) is 9.75. The molecule has 1 heterocycles. The molecular formula is C14H19ClN2O3S. The Kier molecular flexibility index (Phi) is 4.60. The molecule has 21 heavy (non-hydrogen) atoms. The number of sulfonamides is 1. The highest BCUT2D eigenvalue weighted by atomic mass is 35.5. The molecule has 1 aromatic rings. The van der Waals surface area contributed by atoms with Crippen molar-refractivity contribution in [3.8, 4) is 0 Å². The van der Waals surface area contributed by atoms with Crippen molar-refractivity contribution in [3.05, 3.63) is 28.3 Å². The van der Waals surface area contributed by atoms with Crippen LogP contribution in [0.5, 0.6) is 0 Å². The minimum absolute atomic E-state index is 0.0920. The first kappa shape index (κ1) is 16.3. The molecule has 0 spiro atoms. The van der Waals surface area contributed by atoms with Crippen molar-refractivity contribution < 1.29 is 13.2 Å². The van der Waals surface area contributed by atoms with Crippen molar-refractivity contribution in [1.82, 2.24) is 4.90 Å². The van der Waals surface area contributed by atoms with Crippen LogP contribution >= 0.6 is 11.6 Å². The summed E-state index contributed by atoms with van der Waals surface area (Å²) in [6.45, 7) is 4.29. The first-order valence-electron chi connectivity index (χ1n) is 6.89. The third-order valence-electron chi connectivity index (χ3n) is 3.96. The summed E-state index contributed by atoms with van der Waals surface area (Å²) in [5.41, 5.74) is 0.638. The Morgan fingerprint density at radius 1 is 1.48 bits per heavy atom. The van der Waals surface area contributed by atoms with Crippen molar-refractivity contribution in [2.24, 2.45) is 5.14 Å². The summed E-state index contributed by atoms with van der Waals surface area (Å²) in [6, 6.07) is 3.04. The summed E-state index contributed by atoms with van der Waals surface area (Å²) >= 11 is 6.06. The second-order valence-electron chi connectivity index (χ2n) is 5.33.